The van der Waals surface area contributed by atoms with E-state index in [4.69, 9.17) is 5.11 Å². The number of carbonyl (C=O) groups is 2. The van der Waals surface area contributed by atoms with Gasteiger partial charge in [-0.25, -0.2) is 4.79 Å². The molecule has 0 radical (unpaired) electrons. The van der Waals surface area contributed by atoms with Crippen molar-refractivity contribution < 1.29 is 14.7 Å². The van der Waals surface area contributed by atoms with Crippen LogP contribution in [0.3, 0.4) is 0 Å². The Morgan fingerprint density at radius 3 is 2.46 bits per heavy atom. The fraction of sp³-hybridized carbons (Fsp3) is 0.278. The van der Waals surface area contributed by atoms with Crippen LogP contribution in [0, 0.1) is 0 Å². The van der Waals surface area contributed by atoms with Gasteiger partial charge in [0, 0.05) is 25.4 Å². The van der Waals surface area contributed by atoms with Crippen LogP contribution in [-0.2, 0) is 17.6 Å². The van der Waals surface area contributed by atoms with E-state index >= 15 is 0 Å². The van der Waals surface area contributed by atoms with Crippen molar-refractivity contribution in [2.24, 2.45) is 0 Å². The second-order valence-corrected chi connectivity index (χ2v) is 5.79. The highest BCUT2D eigenvalue weighted by molar-refractivity contribution is 5.89. The fourth-order valence-electron chi connectivity index (χ4n) is 2.49. The van der Waals surface area contributed by atoms with Crippen molar-refractivity contribution in [2.75, 3.05) is 6.54 Å². The molecule has 0 aliphatic rings. The number of carbonyl (C=O) groups excluding carboxylic acids is 1. The number of pyridine rings is 1. The Labute approximate surface area is 140 Å². The summed E-state index contributed by atoms with van der Waals surface area (Å²) in [7, 11) is 0. The molecule has 126 valence electrons. The number of nitrogens with one attached hydrogen (secondary N) is 2. The van der Waals surface area contributed by atoms with Crippen LogP contribution in [0.4, 0.5) is 4.79 Å². The molecule has 24 heavy (non-hydrogen) atoms. The zero-order valence-corrected chi connectivity index (χ0v) is 13.5. The molecule has 0 bridgehead atoms. The average molecular weight is 327 g/mol. The molecule has 1 unspecified atom stereocenters. The van der Waals surface area contributed by atoms with E-state index in [9.17, 15) is 9.59 Å². The predicted octanol–water partition coefficient (Wildman–Crippen LogP) is 2.01. The molecule has 1 heterocycles. The molecule has 0 aliphatic carbocycles. The van der Waals surface area contributed by atoms with E-state index < -0.39 is 11.6 Å². The predicted molar refractivity (Wildman–Crippen MR) is 90.7 cm³/mol. The van der Waals surface area contributed by atoms with E-state index in [1.807, 2.05) is 36.4 Å². The Bertz CT molecular complexity index is 676. The van der Waals surface area contributed by atoms with Gasteiger partial charge in [0.25, 0.3) is 0 Å². The molecule has 3 N–H and O–H groups in total. The number of nitrogens with zero attached hydrogens (tertiary/aromatic N) is 1. The summed E-state index contributed by atoms with van der Waals surface area (Å²) < 4.78 is 0. The fourth-order valence-corrected chi connectivity index (χ4v) is 2.49. The normalized spacial score (nSPS) is 12.9. The molecule has 0 aliphatic heterocycles. The SMILES string of the molecule is CC(Cc1cccnc1)(NC(=O)O)C(=O)NCCc1ccccc1. The van der Waals surface area contributed by atoms with E-state index in [1.54, 1.807) is 25.4 Å². The molecule has 1 atom stereocenters. The van der Waals surface area contributed by atoms with Crippen molar-refractivity contribution in [1.29, 1.82) is 0 Å². The zero-order valence-electron chi connectivity index (χ0n) is 13.5. The molecule has 0 fully saturated rings. The maximum atomic E-state index is 12.5. The number of aromatic nitrogens is 1. The number of benzene rings is 1. The summed E-state index contributed by atoms with van der Waals surface area (Å²) in [6.07, 6.45) is 2.93. The van der Waals surface area contributed by atoms with E-state index in [2.05, 4.69) is 15.6 Å². The summed E-state index contributed by atoms with van der Waals surface area (Å²) in [5.41, 5.74) is 0.635. The Kier molecular flexibility index (Phi) is 5.89. The first-order chi connectivity index (χ1) is 11.5. The van der Waals surface area contributed by atoms with E-state index in [0.717, 1.165) is 11.1 Å². The largest absolute Gasteiger partial charge is 0.465 e. The quantitative estimate of drug-likeness (QED) is 0.725. The monoisotopic (exact) mass is 327 g/mol. The lowest BCUT2D eigenvalue weighted by molar-refractivity contribution is -0.126. The summed E-state index contributed by atoms with van der Waals surface area (Å²) in [4.78, 5) is 27.6. The Balaban J connectivity index is 2.00. The molecule has 1 aromatic heterocycles. The van der Waals surface area contributed by atoms with Gasteiger partial charge in [-0.2, -0.15) is 0 Å². The Hall–Kier alpha value is -2.89. The molecule has 6 nitrogen and oxygen atoms in total. The standard InChI is InChI=1S/C18H21N3O3/c1-18(21-17(23)24,12-15-8-5-10-19-13-15)16(22)20-11-9-14-6-3-2-4-7-14/h2-8,10,13,21H,9,11-12H2,1H3,(H,20,22)(H,23,24). The lowest BCUT2D eigenvalue weighted by Gasteiger charge is -2.28. The van der Waals surface area contributed by atoms with Gasteiger partial charge in [-0.1, -0.05) is 36.4 Å². The van der Waals surface area contributed by atoms with Gasteiger partial charge in [-0.15, -0.1) is 0 Å². The van der Waals surface area contributed by atoms with Gasteiger partial charge in [-0.05, 0) is 30.5 Å². The maximum absolute atomic E-state index is 12.5. The third kappa shape index (κ3) is 5.08. The summed E-state index contributed by atoms with van der Waals surface area (Å²) in [6.45, 7) is 2.01. The molecular weight excluding hydrogens is 306 g/mol. The average Bonchev–Trinajstić information content (AvgIpc) is 2.56. The third-order valence-corrected chi connectivity index (χ3v) is 3.71. The third-order valence-electron chi connectivity index (χ3n) is 3.71. The Morgan fingerprint density at radius 2 is 1.83 bits per heavy atom. The summed E-state index contributed by atoms with van der Waals surface area (Å²) in [5, 5.41) is 14.2. The van der Waals surface area contributed by atoms with E-state index in [1.165, 1.54) is 0 Å². The lowest BCUT2D eigenvalue weighted by Crippen LogP contribution is -2.58. The molecule has 0 spiro atoms. The molecule has 2 amide bonds. The van der Waals surface area contributed by atoms with Crippen LogP contribution in [0.2, 0.25) is 0 Å². The highest BCUT2D eigenvalue weighted by Gasteiger charge is 2.35. The Morgan fingerprint density at radius 1 is 1.12 bits per heavy atom. The topological polar surface area (TPSA) is 91.3 Å². The van der Waals surface area contributed by atoms with Gasteiger partial charge in [0.2, 0.25) is 5.91 Å². The minimum atomic E-state index is -1.26. The van der Waals surface area contributed by atoms with Gasteiger partial charge in [0.05, 0.1) is 0 Å². The number of hydrogen-bond donors (Lipinski definition) is 3. The van der Waals surface area contributed by atoms with Crippen LogP contribution >= 0.6 is 0 Å². The van der Waals surface area contributed by atoms with Gasteiger partial charge in [0.15, 0.2) is 0 Å². The first-order valence-corrected chi connectivity index (χ1v) is 7.72. The van der Waals surface area contributed by atoms with Crippen LogP contribution in [0.15, 0.2) is 54.9 Å². The van der Waals surface area contributed by atoms with Gasteiger partial charge in [0.1, 0.15) is 5.54 Å². The molecule has 2 aromatic rings. The molecule has 1 aromatic carbocycles. The summed E-state index contributed by atoms with van der Waals surface area (Å²) in [5.74, 6) is -0.357. The molecular formula is C18H21N3O3. The smallest absolute Gasteiger partial charge is 0.405 e. The van der Waals surface area contributed by atoms with E-state index in [-0.39, 0.29) is 12.3 Å². The molecule has 0 saturated heterocycles. The molecule has 0 saturated carbocycles. The first kappa shape index (κ1) is 17.5. The van der Waals surface area contributed by atoms with Crippen LogP contribution in [-0.4, -0.2) is 34.2 Å². The summed E-state index contributed by atoms with van der Waals surface area (Å²) >= 11 is 0. The maximum Gasteiger partial charge on any atom is 0.405 e. The van der Waals surface area contributed by atoms with Gasteiger partial charge >= 0.3 is 6.09 Å². The van der Waals surface area contributed by atoms with Crippen molar-refractivity contribution in [3.8, 4) is 0 Å². The first-order valence-electron chi connectivity index (χ1n) is 7.72. The highest BCUT2D eigenvalue weighted by atomic mass is 16.4. The number of rotatable bonds is 7. The molecule has 6 heteroatoms. The summed E-state index contributed by atoms with van der Waals surface area (Å²) in [6, 6.07) is 13.3. The van der Waals surface area contributed by atoms with Crippen LogP contribution in [0.1, 0.15) is 18.1 Å². The number of carboxylic acid groups (broad SMARTS) is 1. The van der Waals surface area contributed by atoms with Crippen molar-refractivity contribution in [3.63, 3.8) is 0 Å². The van der Waals surface area contributed by atoms with Crippen molar-refractivity contribution in [3.05, 3.63) is 66.0 Å². The van der Waals surface area contributed by atoms with Crippen LogP contribution in [0.5, 0.6) is 0 Å². The van der Waals surface area contributed by atoms with Crippen LogP contribution in [0.25, 0.3) is 0 Å². The van der Waals surface area contributed by atoms with Gasteiger partial charge in [-0.3, -0.25) is 9.78 Å². The lowest BCUT2D eigenvalue weighted by atomic mass is 9.92. The van der Waals surface area contributed by atoms with Crippen molar-refractivity contribution in [1.82, 2.24) is 15.6 Å². The second-order valence-electron chi connectivity index (χ2n) is 5.79. The number of amides is 2. The number of hydrogen-bond acceptors (Lipinski definition) is 3. The van der Waals surface area contributed by atoms with Crippen molar-refractivity contribution in [2.45, 2.75) is 25.3 Å². The second kappa shape index (κ2) is 8.10. The highest BCUT2D eigenvalue weighted by Crippen LogP contribution is 2.13. The minimum Gasteiger partial charge on any atom is -0.465 e. The van der Waals surface area contributed by atoms with Crippen LogP contribution < -0.4 is 10.6 Å². The van der Waals surface area contributed by atoms with Gasteiger partial charge < -0.3 is 15.7 Å². The van der Waals surface area contributed by atoms with E-state index in [0.29, 0.717) is 13.0 Å². The zero-order chi connectivity index (χ0) is 17.4. The van der Waals surface area contributed by atoms with Crippen molar-refractivity contribution >= 4 is 12.0 Å². The molecule has 2 rings (SSSR count). The minimum absolute atomic E-state index is 0.226.